The van der Waals surface area contributed by atoms with Crippen molar-refractivity contribution < 1.29 is 14.3 Å². The molecule has 0 aromatic heterocycles. The number of rotatable bonds is 9. The van der Waals surface area contributed by atoms with Crippen LogP contribution in [-0.4, -0.2) is 34.7 Å². The van der Waals surface area contributed by atoms with Gasteiger partial charge in [0.25, 0.3) is 0 Å². The second kappa shape index (κ2) is 12.1. The van der Waals surface area contributed by atoms with Gasteiger partial charge in [0.1, 0.15) is 12.1 Å². The topological polar surface area (TPSA) is 58.6 Å². The molecule has 2 heterocycles. The van der Waals surface area contributed by atoms with Crippen LogP contribution in [0.15, 0.2) is 152 Å². The first-order valence-electron chi connectivity index (χ1n) is 14.9. The van der Waals surface area contributed by atoms with Crippen molar-refractivity contribution in [2.24, 2.45) is 0 Å². The molecule has 4 unspecified atom stereocenters. The summed E-state index contributed by atoms with van der Waals surface area (Å²) in [6.45, 7) is 0. The van der Waals surface area contributed by atoms with E-state index in [0.717, 1.165) is 27.8 Å². The third-order valence-electron chi connectivity index (χ3n) is 8.59. The fraction of sp³-hybridized carbons (Fsp3) is 0.158. The molecule has 2 fully saturated rings. The standard InChI is InChI=1S/C38H32N2O3S/c41-36-34(40-33(27-16-6-1-7-17-27)35(43-37(40)42)28-18-8-2-9-19-28)32(39-36)26-44-38(29-20-10-3-11-21-29,30-22-12-4-13-23-30)31-24-14-5-15-25-31/h1-25,32-35H,26H2,(H,39,41). The summed E-state index contributed by atoms with van der Waals surface area (Å²) in [6.07, 6.45) is -0.993. The molecule has 218 valence electrons. The van der Waals surface area contributed by atoms with Crippen LogP contribution in [0.2, 0.25) is 0 Å². The number of thioether (sulfide) groups is 1. The van der Waals surface area contributed by atoms with E-state index in [-0.39, 0.29) is 11.9 Å². The SMILES string of the molecule is O=C1NC(CSC(c2ccccc2)(c2ccccc2)c2ccccc2)C1N1C(=O)OC(c2ccccc2)C1c1ccccc1. The summed E-state index contributed by atoms with van der Waals surface area (Å²) in [5, 5.41) is 3.13. The number of β-lactam (4-membered cyclic amide) rings is 1. The zero-order valence-corrected chi connectivity index (χ0v) is 24.8. The van der Waals surface area contributed by atoms with Crippen molar-refractivity contribution >= 4 is 23.8 Å². The minimum atomic E-state index is -0.658. The Labute approximate surface area is 261 Å². The quantitative estimate of drug-likeness (QED) is 0.141. The van der Waals surface area contributed by atoms with Crippen molar-refractivity contribution in [1.82, 2.24) is 10.2 Å². The molecule has 2 amide bonds. The van der Waals surface area contributed by atoms with Gasteiger partial charge in [0.15, 0.2) is 6.10 Å². The lowest BCUT2D eigenvalue weighted by Crippen LogP contribution is -2.70. The maximum absolute atomic E-state index is 13.6. The highest BCUT2D eigenvalue weighted by Gasteiger charge is 2.55. The molecule has 5 aromatic rings. The smallest absolute Gasteiger partial charge is 0.411 e. The second-order valence-corrected chi connectivity index (χ2v) is 12.4. The molecule has 7 rings (SSSR count). The van der Waals surface area contributed by atoms with Crippen LogP contribution in [0.5, 0.6) is 0 Å². The predicted octanol–water partition coefficient (Wildman–Crippen LogP) is 7.51. The van der Waals surface area contributed by atoms with Gasteiger partial charge in [-0.05, 0) is 27.8 Å². The summed E-state index contributed by atoms with van der Waals surface area (Å²) in [5.41, 5.74) is 5.29. The van der Waals surface area contributed by atoms with Gasteiger partial charge in [-0.3, -0.25) is 9.69 Å². The van der Waals surface area contributed by atoms with E-state index in [1.54, 1.807) is 16.7 Å². The first kappa shape index (κ1) is 28.0. The Bertz CT molecular complexity index is 1620. The van der Waals surface area contributed by atoms with E-state index in [1.807, 2.05) is 78.9 Å². The Hall–Kier alpha value is -4.81. The molecule has 0 bridgehead atoms. The van der Waals surface area contributed by atoms with Crippen LogP contribution in [0.3, 0.4) is 0 Å². The van der Waals surface area contributed by atoms with E-state index in [0.29, 0.717) is 5.75 Å². The highest BCUT2D eigenvalue weighted by molar-refractivity contribution is 8.00. The van der Waals surface area contributed by atoms with Crippen molar-refractivity contribution in [2.45, 2.75) is 29.0 Å². The molecule has 0 radical (unpaired) electrons. The number of amides is 2. The van der Waals surface area contributed by atoms with Gasteiger partial charge >= 0.3 is 6.09 Å². The number of carbonyl (C=O) groups excluding carboxylic acids is 2. The van der Waals surface area contributed by atoms with Crippen molar-refractivity contribution in [3.63, 3.8) is 0 Å². The van der Waals surface area contributed by atoms with Crippen LogP contribution in [0, 0.1) is 0 Å². The number of benzene rings is 5. The molecule has 5 nitrogen and oxygen atoms in total. The molecule has 44 heavy (non-hydrogen) atoms. The Morgan fingerprint density at radius 3 is 1.48 bits per heavy atom. The van der Waals surface area contributed by atoms with E-state index in [1.165, 1.54) is 0 Å². The van der Waals surface area contributed by atoms with Gasteiger partial charge in [0.05, 0.1) is 10.8 Å². The lowest BCUT2D eigenvalue weighted by molar-refractivity contribution is -0.135. The Balaban J connectivity index is 1.26. The van der Waals surface area contributed by atoms with Crippen LogP contribution < -0.4 is 5.32 Å². The molecular formula is C38H32N2O3S. The largest absolute Gasteiger partial charge is 0.439 e. The number of nitrogens with zero attached hydrogens (tertiary/aromatic N) is 1. The van der Waals surface area contributed by atoms with E-state index >= 15 is 0 Å². The van der Waals surface area contributed by atoms with Crippen molar-refractivity contribution in [3.05, 3.63) is 179 Å². The summed E-state index contributed by atoms with van der Waals surface area (Å²) >= 11 is 1.78. The minimum absolute atomic E-state index is 0.160. The van der Waals surface area contributed by atoms with E-state index in [9.17, 15) is 9.59 Å². The van der Waals surface area contributed by atoms with Gasteiger partial charge in [-0.1, -0.05) is 152 Å². The lowest BCUT2D eigenvalue weighted by Gasteiger charge is -2.45. The van der Waals surface area contributed by atoms with Crippen molar-refractivity contribution in [1.29, 1.82) is 0 Å². The molecule has 0 spiro atoms. The van der Waals surface area contributed by atoms with E-state index in [2.05, 4.69) is 78.1 Å². The van der Waals surface area contributed by atoms with Gasteiger partial charge in [-0.25, -0.2) is 4.79 Å². The zero-order chi connectivity index (χ0) is 29.9. The molecule has 1 N–H and O–H groups in total. The number of cyclic esters (lactones) is 1. The average molecular weight is 597 g/mol. The maximum Gasteiger partial charge on any atom is 0.411 e. The van der Waals surface area contributed by atoms with E-state index in [4.69, 9.17) is 4.74 Å². The third kappa shape index (κ3) is 4.95. The summed E-state index contributed by atoms with van der Waals surface area (Å²) in [4.78, 5) is 28.7. The van der Waals surface area contributed by atoms with Crippen LogP contribution in [0.4, 0.5) is 4.79 Å². The second-order valence-electron chi connectivity index (χ2n) is 11.1. The minimum Gasteiger partial charge on any atom is -0.439 e. The Morgan fingerprint density at radius 1 is 0.591 bits per heavy atom. The third-order valence-corrected chi connectivity index (χ3v) is 10.3. The first-order valence-corrected chi connectivity index (χ1v) is 15.8. The molecule has 2 aliphatic rings. The highest BCUT2D eigenvalue weighted by Crippen LogP contribution is 2.50. The molecule has 2 saturated heterocycles. The highest BCUT2D eigenvalue weighted by atomic mass is 32.2. The predicted molar refractivity (Wildman–Crippen MR) is 174 cm³/mol. The lowest BCUT2D eigenvalue weighted by atomic mass is 9.84. The van der Waals surface area contributed by atoms with Gasteiger partial charge < -0.3 is 10.1 Å². The Kier molecular flexibility index (Phi) is 7.67. The average Bonchev–Trinajstić information content (AvgIpc) is 3.42. The van der Waals surface area contributed by atoms with Crippen LogP contribution in [0.1, 0.15) is 40.0 Å². The molecule has 2 aliphatic heterocycles. The summed E-state index contributed by atoms with van der Waals surface area (Å²) in [6, 6.07) is 49.8. The van der Waals surface area contributed by atoms with Crippen molar-refractivity contribution in [3.8, 4) is 0 Å². The number of ether oxygens (including phenoxy) is 1. The van der Waals surface area contributed by atoms with Crippen LogP contribution >= 0.6 is 11.8 Å². The number of hydrogen-bond acceptors (Lipinski definition) is 4. The number of nitrogens with one attached hydrogen (secondary N) is 1. The zero-order valence-electron chi connectivity index (χ0n) is 24.0. The maximum atomic E-state index is 13.6. The Morgan fingerprint density at radius 2 is 1.02 bits per heavy atom. The summed E-state index contributed by atoms with van der Waals surface area (Å²) in [7, 11) is 0. The fourth-order valence-corrected chi connectivity index (χ4v) is 8.13. The van der Waals surface area contributed by atoms with Crippen LogP contribution in [0.25, 0.3) is 0 Å². The first-order chi connectivity index (χ1) is 21.7. The number of carbonyl (C=O) groups is 2. The van der Waals surface area contributed by atoms with Gasteiger partial charge in [0.2, 0.25) is 5.91 Å². The molecule has 0 aliphatic carbocycles. The molecule has 5 aromatic carbocycles. The van der Waals surface area contributed by atoms with Crippen LogP contribution in [-0.2, 0) is 14.3 Å². The monoisotopic (exact) mass is 596 g/mol. The molecule has 0 saturated carbocycles. The normalized spacial score (nSPS) is 21.3. The van der Waals surface area contributed by atoms with Gasteiger partial charge in [0, 0.05) is 5.75 Å². The van der Waals surface area contributed by atoms with Crippen molar-refractivity contribution in [2.75, 3.05) is 5.75 Å². The summed E-state index contributed by atoms with van der Waals surface area (Å²) in [5.74, 6) is 0.419. The molecule has 6 heteroatoms. The van der Waals surface area contributed by atoms with E-state index < -0.39 is 29.0 Å². The summed E-state index contributed by atoms with van der Waals surface area (Å²) < 4.78 is 5.50. The molecule has 4 atom stereocenters. The van der Waals surface area contributed by atoms with Gasteiger partial charge in [-0.15, -0.1) is 11.8 Å². The number of hydrogen-bond donors (Lipinski definition) is 1. The molecular weight excluding hydrogens is 564 g/mol. The van der Waals surface area contributed by atoms with Gasteiger partial charge in [-0.2, -0.15) is 0 Å². The fourth-order valence-electron chi connectivity index (χ4n) is 6.53.